The first-order chi connectivity index (χ1) is 14.2. The second kappa shape index (κ2) is 10.7. The minimum absolute atomic E-state index is 0.160. The molecule has 1 aliphatic rings. The van der Waals surface area contributed by atoms with Crippen molar-refractivity contribution in [3.05, 3.63) is 54.1 Å². The summed E-state index contributed by atoms with van der Waals surface area (Å²) in [4.78, 5) is 9.82. The Morgan fingerprint density at radius 3 is 2.59 bits per heavy atom. The van der Waals surface area contributed by atoms with Crippen molar-refractivity contribution >= 4 is 11.9 Å². The van der Waals surface area contributed by atoms with E-state index in [1.165, 1.54) is 0 Å². The maximum Gasteiger partial charge on any atom is 0.144 e. The summed E-state index contributed by atoms with van der Waals surface area (Å²) < 4.78 is 10.6. The highest BCUT2D eigenvalue weighted by Crippen LogP contribution is 2.28. The zero-order valence-corrected chi connectivity index (χ0v) is 17.0. The molecule has 0 aliphatic carbocycles. The highest BCUT2D eigenvalue weighted by Gasteiger charge is 2.21. The molecule has 0 aromatic heterocycles. The number of nitrogens with zero attached hydrogens (tertiary/aromatic N) is 3. The third-order valence-electron chi connectivity index (χ3n) is 4.90. The molecule has 1 saturated heterocycles. The van der Waals surface area contributed by atoms with Crippen LogP contribution in [0.5, 0.6) is 11.5 Å². The molecule has 1 atom stereocenters. The number of β-amino-alcohol motifs (C(OH)–C–C–N with tert-alkyl or cyclic N) is 1. The lowest BCUT2D eigenvalue weighted by atomic mass is 10.2. The normalized spacial score (nSPS) is 16.0. The Bertz CT molecular complexity index is 791. The zero-order chi connectivity index (χ0) is 20.5. The largest absolute Gasteiger partial charge is 0.497 e. The van der Waals surface area contributed by atoms with Crippen molar-refractivity contribution in [1.82, 2.24) is 4.90 Å². The molecular weight excluding hydrogens is 370 g/mol. The maximum atomic E-state index is 10.3. The van der Waals surface area contributed by atoms with E-state index in [9.17, 15) is 5.11 Å². The number of aliphatic hydroxyl groups excluding tert-OH is 1. The van der Waals surface area contributed by atoms with Gasteiger partial charge in [-0.3, -0.25) is 4.90 Å². The van der Waals surface area contributed by atoms with Crippen LogP contribution in [0.3, 0.4) is 0 Å². The fourth-order valence-electron chi connectivity index (χ4n) is 3.36. The average Bonchev–Trinajstić information content (AvgIpc) is 2.77. The van der Waals surface area contributed by atoms with Crippen LogP contribution in [-0.2, 0) is 4.84 Å². The molecule has 1 fully saturated rings. The monoisotopic (exact) mass is 399 g/mol. The van der Waals surface area contributed by atoms with Gasteiger partial charge in [0.05, 0.1) is 26.1 Å². The van der Waals surface area contributed by atoms with E-state index in [-0.39, 0.29) is 6.61 Å². The lowest BCUT2D eigenvalue weighted by Gasteiger charge is -2.37. The molecule has 0 bridgehead atoms. The number of aliphatic hydroxyl groups is 1. The molecule has 3 rings (SSSR count). The van der Waals surface area contributed by atoms with Crippen LogP contribution in [0.4, 0.5) is 5.69 Å². The van der Waals surface area contributed by atoms with Crippen molar-refractivity contribution in [3.63, 3.8) is 0 Å². The fraction of sp³-hybridized carbons (Fsp3) is 0.409. The Morgan fingerprint density at radius 2 is 1.83 bits per heavy atom. The number of ether oxygens (including phenoxy) is 2. The van der Waals surface area contributed by atoms with Gasteiger partial charge in [-0.25, -0.2) is 0 Å². The van der Waals surface area contributed by atoms with Crippen molar-refractivity contribution in [1.29, 1.82) is 0 Å². The van der Waals surface area contributed by atoms with Gasteiger partial charge in [0.1, 0.15) is 24.2 Å². The summed E-state index contributed by atoms with van der Waals surface area (Å²) in [6, 6.07) is 15.6. The molecule has 0 amide bonds. The van der Waals surface area contributed by atoms with E-state index < -0.39 is 6.10 Å². The molecule has 0 radical (unpaired) electrons. The molecule has 0 spiro atoms. The number of hydrogen-bond donors (Lipinski definition) is 1. The van der Waals surface area contributed by atoms with Gasteiger partial charge in [-0.1, -0.05) is 29.4 Å². The lowest BCUT2D eigenvalue weighted by molar-refractivity contribution is 0.0186. The highest BCUT2D eigenvalue weighted by molar-refractivity contribution is 5.79. The Labute approximate surface area is 172 Å². The van der Waals surface area contributed by atoms with Gasteiger partial charge in [0.2, 0.25) is 0 Å². The first-order valence-electron chi connectivity index (χ1n) is 9.77. The van der Waals surface area contributed by atoms with Crippen molar-refractivity contribution in [2.45, 2.75) is 6.10 Å². The van der Waals surface area contributed by atoms with Crippen molar-refractivity contribution in [2.24, 2.45) is 5.16 Å². The number of hydrogen-bond acceptors (Lipinski definition) is 7. The van der Waals surface area contributed by atoms with Crippen LogP contribution in [0.2, 0.25) is 0 Å². The summed E-state index contributed by atoms with van der Waals surface area (Å²) in [6.45, 7) is 4.26. The summed E-state index contributed by atoms with van der Waals surface area (Å²) in [5.74, 6) is 1.66. The quantitative estimate of drug-likeness (QED) is 0.515. The van der Waals surface area contributed by atoms with Gasteiger partial charge in [0.25, 0.3) is 0 Å². The van der Waals surface area contributed by atoms with Gasteiger partial charge in [-0.2, -0.15) is 0 Å². The average molecular weight is 399 g/mol. The van der Waals surface area contributed by atoms with Crippen LogP contribution >= 0.6 is 0 Å². The summed E-state index contributed by atoms with van der Waals surface area (Å²) in [7, 11) is 3.32. The molecule has 2 aromatic rings. The topological polar surface area (TPSA) is 66.8 Å². The molecule has 1 N–H and O–H groups in total. The van der Waals surface area contributed by atoms with Crippen LogP contribution in [0.1, 0.15) is 5.56 Å². The standard InChI is InChI=1S/C22H29N3O4/c1-27-20-7-5-6-18(14-20)15-23-29-17-19(26)16-24-10-12-25(13-11-24)21-8-3-4-9-22(21)28-2/h3-9,14-15,19,26H,10-13,16-17H2,1-2H3/b23-15+. The molecular formula is C22H29N3O4. The molecule has 156 valence electrons. The van der Waals surface area contributed by atoms with E-state index in [4.69, 9.17) is 14.3 Å². The molecule has 0 saturated carbocycles. The van der Waals surface area contributed by atoms with E-state index in [2.05, 4.69) is 21.0 Å². The van der Waals surface area contributed by atoms with Gasteiger partial charge in [-0.05, 0) is 29.8 Å². The van der Waals surface area contributed by atoms with E-state index in [1.54, 1.807) is 20.4 Å². The Balaban J connectivity index is 1.39. The third kappa shape index (κ3) is 6.10. The highest BCUT2D eigenvalue weighted by atomic mass is 16.6. The Morgan fingerprint density at radius 1 is 1.03 bits per heavy atom. The molecule has 1 heterocycles. The minimum Gasteiger partial charge on any atom is -0.497 e. The number of piperazine rings is 1. The van der Waals surface area contributed by atoms with Gasteiger partial charge < -0.3 is 24.3 Å². The number of para-hydroxylation sites is 2. The van der Waals surface area contributed by atoms with Gasteiger partial charge in [0, 0.05) is 32.7 Å². The second-order valence-electron chi connectivity index (χ2n) is 6.92. The first-order valence-corrected chi connectivity index (χ1v) is 9.77. The van der Waals surface area contributed by atoms with Crippen molar-refractivity contribution in [3.8, 4) is 11.5 Å². The molecule has 1 unspecified atom stereocenters. The van der Waals surface area contributed by atoms with Crippen LogP contribution in [0, 0.1) is 0 Å². The molecule has 1 aliphatic heterocycles. The van der Waals surface area contributed by atoms with E-state index in [1.807, 2.05) is 42.5 Å². The first kappa shape index (κ1) is 21.0. The smallest absolute Gasteiger partial charge is 0.144 e. The maximum absolute atomic E-state index is 10.3. The van der Waals surface area contributed by atoms with Gasteiger partial charge in [-0.15, -0.1) is 0 Å². The van der Waals surface area contributed by atoms with E-state index in [0.717, 1.165) is 48.9 Å². The summed E-state index contributed by atoms with van der Waals surface area (Å²) in [5, 5.41) is 14.2. The fourth-order valence-corrected chi connectivity index (χ4v) is 3.36. The van der Waals surface area contributed by atoms with Crippen LogP contribution < -0.4 is 14.4 Å². The Kier molecular flexibility index (Phi) is 7.72. The van der Waals surface area contributed by atoms with E-state index in [0.29, 0.717) is 6.54 Å². The summed E-state index contributed by atoms with van der Waals surface area (Å²) >= 11 is 0. The Hall–Kier alpha value is -2.77. The summed E-state index contributed by atoms with van der Waals surface area (Å²) in [5.41, 5.74) is 2.00. The third-order valence-corrected chi connectivity index (χ3v) is 4.90. The van der Waals surface area contributed by atoms with Crippen molar-refractivity contribution < 1.29 is 19.4 Å². The molecule has 29 heavy (non-hydrogen) atoms. The second-order valence-corrected chi connectivity index (χ2v) is 6.92. The number of benzene rings is 2. The number of methoxy groups -OCH3 is 2. The van der Waals surface area contributed by atoms with Crippen molar-refractivity contribution in [2.75, 3.05) is 58.5 Å². The van der Waals surface area contributed by atoms with Crippen LogP contribution in [-0.4, -0.2) is 75.9 Å². The minimum atomic E-state index is -0.588. The van der Waals surface area contributed by atoms with Gasteiger partial charge in [0.15, 0.2) is 0 Å². The van der Waals surface area contributed by atoms with E-state index >= 15 is 0 Å². The number of oxime groups is 1. The number of rotatable bonds is 9. The predicted octanol–water partition coefficient (Wildman–Crippen LogP) is 2.24. The zero-order valence-electron chi connectivity index (χ0n) is 17.0. The molecule has 7 heteroatoms. The molecule has 2 aromatic carbocycles. The van der Waals surface area contributed by atoms with Gasteiger partial charge >= 0.3 is 0 Å². The van der Waals surface area contributed by atoms with Crippen LogP contribution in [0.15, 0.2) is 53.7 Å². The molecule has 7 nitrogen and oxygen atoms in total. The van der Waals surface area contributed by atoms with Crippen LogP contribution in [0.25, 0.3) is 0 Å². The SMILES string of the molecule is COc1cccc(/C=N/OCC(O)CN2CCN(c3ccccc3OC)CC2)c1. The summed E-state index contributed by atoms with van der Waals surface area (Å²) in [6.07, 6.45) is 1.02. The lowest BCUT2D eigenvalue weighted by Crippen LogP contribution is -2.49. The predicted molar refractivity (Wildman–Crippen MR) is 114 cm³/mol. The number of anilines is 1.